The summed E-state index contributed by atoms with van der Waals surface area (Å²) in [5.74, 6) is -3.08. The van der Waals surface area contributed by atoms with Gasteiger partial charge in [-0.25, -0.2) is 8.78 Å². The second-order valence-corrected chi connectivity index (χ2v) is 4.38. The molecule has 13 heavy (non-hydrogen) atoms. The lowest BCUT2D eigenvalue weighted by atomic mass is 10.1. The van der Waals surface area contributed by atoms with E-state index in [4.69, 9.17) is 0 Å². The summed E-state index contributed by atoms with van der Waals surface area (Å²) < 4.78 is 26.7. The van der Waals surface area contributed by atoms with Gasteiger partial charge in [0.2, 0.25) is 0 Å². The van der Waals surface area contributed by atoms with Crippen LogP contribution in [0.15, 0.2) is 0 Å². The van der Waals surface area contributed by atoms with Gasteiger partial charge in [-0.05, 0) is 26.3 Å². The number of nitrogens with zero attached hydrogens (tertiary/aromatic N) is 1. The van der Waals surface area contributed by atoms with Crippen molar-refractivity contribution in [3.8, 4) is 0 Å². The van der Waals surface area contributed by atoms with Gasteiger partial charge < -0.3 is 0 Å². The molecule has 3 heteroatoms. The minimum atomic E-state index is -2.53. The molecule has 0 N–H and O–H groups in total. The Morgan fingerprint density at radius 3 is 2.46 bits per heavy atom. The molecule has 1 atom stereocenters. The summed E-state index contributed by atoms with van der Waals surface area (Å²) in [5.41, 5.74) is 0. The van der Waals surface area contributed by atoms with E-state index in [0.29, 0.717) is 6.04 Å². The number of rotatable bonds is 3. The van der Waals surface area contributed by atoms with E-state index in [0.717, 1.165) is 19.4 Å². The molecule has 1 aliphatic heterocycles. The van der Waals surface area contributed by atoms with E-state index in [-0.39, 0.29) is 6.54 Å². The van der Waals surface area contributed by atoms with Gasteiger partial charge in [-0.3, -0.25) is 4.90 Å². The van der Waals surface area contributed by atoms with Crippen LogP contribution in [0.25, 0.3) is 0 Å². The fraction of sp³-hybridized carbons (Fsp3) is 1.00. The molecule has 1 unspecified atom stereocenters. The maximum Gasteiger partial charge on any atom is 0.262 e. The fourth-order valence-electron chi connectivity index (χ4n) is 1.68. The minimum absolute atomic E-state index is 0.0637. The number of halogens is 2. The van der Waals surface area contributed by atoms with Crippen LogP contribution in [0, 0.1) is 5.92 Å². The van der Waals surface area contributed by atoms with Crippen LogP contribution in [0.3, 0.4) is 0 Å². The second-order valence-electron chi connectivity index (χ2n) is 4.38. The smallest absolute Gasteiger partial charge is 0.262 e. The van der Waals surface area contributed by atoms with Crippen LogP contribution in [0.5, 0.6) is 0 Å². The Hall–Kier alpha value is -0.180. The number of likely N-dealkylation sites (tertiary alicyclic amines) is 1. The average molecular weight is 191 g/mol. The highest BCUT2D eigenvalue weighted by Gasteiger charge is 2.37. The number of hydrogen-bond acceptors (Lipinski definition) is 1. The van der Waals surface area contributed by atoms with E-state index in [1.54, 1.807) is 13.8 Å². The first-order valence-corrected chi connectivity index (χ1v) is 5.05. The molecule has 0 radical (unpaired) electrons. The monoisotopic (exact) mass is 191 g/mol. The normalized spacial score (nSPS) is 25.8. The standard InChI is InChI=1S/C10H19F2N/c1-8(2)10(11,12)7-13-6-4-5-9(13)3/h8-9H,4-7H2,1-3H3. The van der Waals surface area contributed by atoms with Crippen molar-refractivity contribution in [1.29, 1.82) is 0 Å². The number of alkyl halides is 2. The Balaban J connectivity index is 2.47. The molecule has 1 saturated heterocycles. The zero-order chi connectivity index (χ0) is 10.1. The van der Waals surface area contributed by atoms with Gasteiger partial charge in [0.25, 0.3) is 5.92 Å². The molecule has 0 aromatic heterocycles. The third kappa shape index (κ3) is 2.63. The van der Waals surface area contributed by atoms with Crippen molar-refractivity contribution in [2.24, 2.45) is 5.92 Å². The summed E-state index contributed by atoms with van der Waals surface area (Å²) in [6, 6.07) is 0.338. The Morgan fingerprint density at radius 2 is 2.08 bits per heavy atom. The van der Waals surface area contributed by atoms with E-state index >= 15 is 0 Å². The molecule has 78 valence electrons. The summed E-state index contributed by atoms with van der Waals surface area (Å²) in [5, 5.41) is 0. The van der Waals surface area contributed by atoms with Gasteiger partial charge in [0.1, 0.15) is 0 Å². The summed E-state index contributed by atoms with van der Waals surface area (Å²) in [4.78, 5) is 1.90. The van der Waals surface area contributed by atoms with Crippen LogP contribution in [-0.4, -0.2) is 30.0 Å². The van der Waals surface area contributed by atoms with E-state index in [1.807, 2.05) is 11.8 Å². The van der Waals surface area contributed by atoms with Crippen LogP contribution < -0.4 is 0 Å². The Labute approximate surface area is 79.1 Å². The lowest BCUT2D eigenvalue weighted by Gasteiger charge is -2.28. The van der Waals surface area contributed by atoms with Crippen molar-refractivity contribution in [2.45, 2.75) is 45.6 Å². The third-order valence-electron chi connectivity index (χ3n) is 2.95. The van der Waals surface area contributed by atoms with Gasteiger partial charge in [-0.2, -0.15) is 0 Å². The maximum atomic E-state index is 13.3. The van der Waals surface area contributed by atoms with E-state index in [9.17, 15) is 8.78 Å². The van der Waals surface area contributed by atoms with Gasteiger partial charge in [-0.1, -0.05) is 13.8 Å². The lowest BCUT2D eigenvalue weighted by Crippen LogP contribution is -2.41. The molecule has 0 saturated carbocycles. The van der Waals surface area contributed by atoms with Gasteiger partial charge in [0.05, 0.1) is 6.54 Å². The topological polar surface area (TPSA) is 3.24 Å². The van der Waals surface area contributed by atoms with E-state index in [2.05, 4.69) is 0 Å². The summed E-state index contributed by atoms with van der Waals surface area (Å²) in [6.07, 6.45) is 2.13. The SMILES string of the molecule is CC1CCCN1CC(F)(F)C(C)C. The summed E-state index contributed by atoms with van der Waals surface area (Å²) >= 11 is 0. The minimum Gasteiger partial charge on any atom is -0.295 e. The zero-order valence-electron chi connectivity index (χ0n) is 8.69. The Bertz CT molecular complexity index is 168. The molecule has 0 aromatic carbocycles. The van der Waals surface area contributed by atoms with Crippen molar-refractivity contribution >= 4 is 0 Å². The molecule has 1 heterocycles. The average Bonchev–Trinajstić information content (AvgIpc) is 2.35. The summed E-state index contributed by atoms with van der Waals surface area (Å²) in [6.45, 7) is 5.97. The van der Waals surface area contributed by atoms with Gasteiger partial charge >= 0.3 is 0 Å². The Morgan fingerprint density at radius 1 is 1.46 bits per heavy atom. The molecule has 1 fully saturated rings. The molecule has 0 amide bonds. The van der Waals surface area contributed by atoms with Crippen molar-refractivity contribution in [3.63, 3.8) is 0 Å². The van der Waals surface area contributed by atoms with Crippen LogP contribution in [0.4, 0.5) is 8.78 Å². The molecule has 1 rings (SSSR count). The lowest BCUT2D eigenvalue weighted by molar-refractivity contribution is -0.0720. The quantitative estimate of drug-likeness (QED) is 0.663. The Kier molecular flexibility index (Phi) is 3.28. The van der Waals surface area contributed by atoms with E-state index < -0.39 is 11.8 Å². The zero-order valence-corrected chi connectivity index (χ0v) is 8.69. The predicted octanol–water partition coefficient (Wildman–Crippen LogP) is 2.76. The highest BCUT2D eigenvalue weighted by molar-refractivity contribution is 4.82. The molecule has 1 nitrogen and oxygen atoms in total. The van der Waals surface area contributed by atoms with Crippen LogP contribution >= 0.6 is 0 Å². The molecule has 0 spiro atoms. The van der Waals surface area contributed by atoms with Crippen molar-refractivity contribution in [2.75, 3.05) is 13.1 Å². The van der Waals surface area contributed by atoms with Crippen molar-refractivity contribution < 1.29 is 8.78 Å². The second kappa shape index (κ2) is 3.91. The van der Waals surface area contributed by atoms with Crippen molar-refractivity contribution in [3.05, 3.63) is 0 Å². The predicted molar refractivity (Wildman–Crippen MR) is 50.1 cm³/mol. The molecule has 0 bridgehead atoms. The highest BCUT2D eigenvalue weighted by Crippen LogP contribution is 2.28. The first-order valence-electron chi connectivity index (χ1n) is 5.05. The number of hydrogen-bond donors (Lipinski definition) is 0. The van der Waals surface area contributed by atoms with Crippen LogP contribution in [0.2, 0.25) is 0 Å². The fourth-order valence-corrected chi connectivity index (χ4v) is 1.68. The summed E-state index contributed by atoms with van der Waals surface area (Å²) in [7, 11) is 0. The van der Waals surface area contributed by atoms with Gasteiger partial charge in [0, 0.05) is 12.0 Å². The first kappa shape index (κ1) is 10.9. The van der Waals surface area contributed by atoms with E-state index in [1.165, 1.54) is 0 Å². The first-order chi connectivity index (χ1) is 5.93. The van der Waals surface area contributed by atoms with Gasteiger partial charge in [-0.15, -0.1) is 0 Å². The molecule has 1 aliphatic rings. The molecule has 0 aliphatic carbocycles. The molecule has 0 aromatic rings. The van der Waals surface area contributed by atoms with Crippen molar-refractivity contribution in [1.82, 2.24) is 4.90 Å². The molecular weight excluding hydrogens is 172 g/mol. The maximum absolute atomic E-state index is 13.3. The third-order valence-corrected chi connectivity index (χ3v) is 2.95. The largest absolute Gasteiger partial charge is 0.295 e. The molecular formula is C10H19F2N. The van der Waals surface area contributed by atoms with Crippen LogP contribution in [-0.2, 0) is 0 Å². The van der Waals surface area contributed by atoms with Crippen LogP contribution in [0.1, 0.15) is 33.6 Å². The van der Waals surface area contributed by atoms with Gasteiger partial charge in [0.15, 0.2) is 0 Å². The highest BCUT2D eigenvalue weighted by atomic mass is 19.3.